The molecule has 1 atom stereocenters. The molecule has 1 aliphatic rings. The lowest BCUT2D eigenvalue weighted by Crippen LogP contribution is -2.43. The Kier molecular flexibility index (Phi) is 6.32. The van der Waals surface area contributed by atoms with Crippen molar-refractivity contribution in [1.29, 1.82) is 0 Å². The molecule has 0 aromatic rings. The van der Waals surface area contributed by atoms with E-state index < -0.39 is 5.97 Å². The van der Waals surface area contributed by atoms with Gasteiger partial charge in [-0.25, -0.2) is 4.79 Å². The number of hydrogen-bond acceptors (Lipinski definition) is 3. The van der Waals surface area contributed by atoms with Gasteiger partial charge in [-0.3, -0.25) is 4.79 Å². The molecule has 18 heavy (non-hydrogen) atoms. The number of carbonyl (C=O) groups is 2. The summed E-state index contributed by atoms with van der Waals surface area (Å²) in [6.07, 6.45) is 4.99. The first-order chi connectivity index (χ1) is 8.54. The fourth-order valence-corrected chi connectivity index (χ4v) is 2.01. The second-order valence-electron chi connectivity index (χ2n) is 4.64. The van der Waals surface area contributed by atoms with Crippen LogP contribution in [0.2, 0.25) is 0 Å². The maximum Gasteiger partial charge on any atom is 0.317 e. The van der Waals surface area contributed by atoms with Crippen LogP contribution in [-0.4, -0.2) is 52.6 Å². The maximum atomic E-state index is 11.9. The average molecular weight is 274 g/mol. The van der Waals surface area contributed by atoms with Crippen LogP contribution in [0.5, 0.6) is 0 Å². The number of aliphatic carboxylic acids is 1. The van der Waals surface area contributed by atoms with E-state index in [1.54, 1.807) is 16.7 Å². The zero-order valence-corrected chi connectivity index (χ0v) is 11.8. The molecule has 2 N–H and O–H groups in total. The topological polar surface area (TPSA) is 69.6 Å². The quantitative estimate of drug-likeness (QED) is 0.708. The molecular weight excluding hydrogens is 252 g/mol. The van der Waals surface area contributed by atoms with E-state index in [4.69, 9.17) is 5.11 Å². The third-order valence-electron chi connectivity index (χ3n) is 3.04. The van der Waals surface area contributed by atoms with Crippen molar-refractivity contribution in [3.63, 3.8) is 0 Å². The molecule has 1 rings (SSSR count). The van der Waals surface area contributed by atoms with Gasteiger partial charge in [0.2, 0.25) is 0 Å². The largest absolute Gasteiger partial charge is 0.481 e. The molecule has 104 valence electrons. The Hall–Kier alpha value is -0.910. The Labute approximate surface area is 112 Å². The van der Waals surface area contributed by atoms with Gasteiger partial charge in [0.1, 0.15) is 0 Å². The zero-order valence-electron chi connectivity index (χ0n) is 11.0. The highest BCUT2D eigenvalue weighted by atomic mass is 32.2. The van der Waals surface area contributed by atoms with Crippen molar-refractivity contribution in [1.82, 2.24) is 10.2 Å². The molecule has 1 aliphatic carbocycles. The van der Waals surface area contributed by atoms with Crippen LogP contribution in [0.1, 0.15) is 32.6 Å². The van der Waals surface area contributed by atoms with E-state index >= 15 is 0 Å². The molecule has 0 aliphatic heterocycles. The van der Waals surface area contributed by atoms with Crippen molar-refractivity contribution in [2.24, 2.45) is 0 Å². The van der Waals surface area contributed by atoms with Crippen molar-refractivity contribution < 1.29 is 14.7 Å². The summed E-state index contributed by atoms with van der Waals surface area (Å²) in [5, 5.41) is 12.1. The number of nitrogens with zero attached hydrogens (tertiary/aromatic N) is 1. The lowest BCUT2D eigenvalue weighted by molar-refractivity contribution is -0.137. The standard InChI is InChI=1S/C12H22N2O3S/c1-9(18-2)5-7-13-12(17)14(10-3-4-10)8-6-11(15)16/h9-10H,3-8H2,1-2H3,(H,13,17)(H,15,16). The van der Waals surface area contributed by atoms with E-state index in [0.29, 0.717) is 18.3 Å². The van der Waals surface area contributed by atoms with Crippen LogP contribution >= 0.6 is 11.8 Å². The van der Waals surface area contributed by atoms with Gasteiger partial charge in [0.15, 0.2) is 0 Å². The van der Waals surface area contributed by atoms with Crippen LogP contribution in [-0.2, 0) is 4.79 Å². The van der Waals surface area contributed by atoms with E-state index in [1.165, 1.54) is 0 Å². The normalized spacial score (nSPS) is 16.1. The number of hydrogen-bond donors (Lipinski definition) is 2. The van der Waals surface area contributed by atoms with Gasteiger partial charge in [0.05, 0.1) is 6.42 Å². The Morgan fingerprint density at radius 2 is 2.17 bits per heavy atom. The summed E-state index contributed by atoms with van der Waals surface area (Å²) in [6, 6.07) is 0.134. The second-order valence-corrected chi connectivity index (χ2v) is 5.91. The molecule has 6 heteroatoms. The van der Waals surface area contributed by atoms with Gasteiger partial charge in [-0.05, 0) is 25.5 Å². The third kappa shape index (κ3) is 5.62. The molecule has 0 saturated heterocycles. The predicted octanol–water partition coefficient (Wildman–Crippen LogP) is 1.78. The van der Waals surface area contributed by atoms with Crippen LogP contribution in [0.25, 0.3) is 0 Å². The highest BCUT2D eigenvalue weighted by molar-refractivity contribution is 7.99. The number of carboxylic acid groups (broad SMARTS) is 1. The van der Waals surface area contributed by atoms with Crippen LogP contribution in [0, 0.1) is 0 Å². The fourth-order valence-electron chi connectivity index (χ4n) is 1.65. The SMILES string of the molecule is CSC(C)CCNC(=O)N(CCC(=O)O)C1CC1. The average Bonchev–Trinajstić information content (AvgIpc) is 3.13. The summed E-state index contributed by atoms with van der Waals surface area (Å²) in [5.74, 6) is -0.857. The van der Waals surface area contributed by atoms with Crippen molar-refractivity contribution in [3.05, 3.63) is 0 Å². The Morgan fingerprint density at radius 1 is 1.50 bits per heavy atom. The smallest absolute Gasteiger partial charge is 0.317 e. The molecule has 1 fully saturated rings. The first kappa shape index (κ1) is 15.1. The molecule has 0 bridgehead atoms. The highest BCUT2D eigenvalue weighted by Gasteiger charge is 2.32. The van der Waals surface area contributed by atoms with Gasteiger partial charge in [-0.2, -0.15) is 11.8 Å². The minimum atomic E-state index is -0.857. The van der Waals surface area contributed by atoms with Crippen LogP contribution < -0.4 is 5.32 Å². The van der Waals surface area contributed by atoms with Gasteiger partial charge in [-0.15, -0.1) is 0 Å². The van der Waals surface area contributed by atoms with Gasteiger partial charge in [0, 0.05) is 24.4 Å². The van der Waals surface area contributed by atoms with Crippen molar-refractivity contribution in [2.75, 3.05) is 19.3 Å². The summed E-state index contributed by atoms with van der Waals surface area (Å²) >= 11 is 1.78. The van der Waals surface area contributed by atoms with E-state index in [9.17, 15) is 9.59 Å². The van der Waals surface area contributed by atoms with Crippen molar-refractivity contribution >= 4 is 23.8 Å². The minimum absolute atomic E-state index is 0.0190. The minimum Gasteiger partial charge on any atom is -0.481 e. The van der Waals surface area contributed by atoms with E-state index in [1.807, 2.05) is 0 Å². The molecule has 0 aromatic carbocycles. The van der Waals surface area contributed by atoms with Gasteiger partial charge < -0.3 is 15.3 Å². The molecule has 0 radical (unpaired) electrons. The molecular formula is C12H22N2O3S. The first-order valence-corrected chi connectivity index (χ1v) is 7.62. The van der Waals surface area contributed by atoms with E-state index in [0.717, 1.165) is 19.3 Å². The number of thioether (sulfide) groups is 1. The highest BCUT2D eigenvalue weighted by Crippen LogP contribution is 2.26. The third-order valence-corrected chi connectivity index (χ3v) is 4.08. The fraction of sp³-hybridized carbons (Fsp3) is 0.833. The number of amides is 2. The van der Waals surface area contributed by atoms with Gasteiger partial charge in [-0.1, -0.05) is 6.92 Å². The Balaban J connectivity index is 2.28. The number of nitrogens with one attached hydrogen (secondary N) is 1. The maximum absolute atomic E-state index is 11.9. The monoisotopic (exact) mass is 274 g/mol. The predicted molar refractivity (Wildman–Crippen MR) is 73.0 cm³/mol. The van der Waals surface area contributed by atoms with Crippen molar-refractivity contribution in [2.45, 2.75) is 43.9 Å². The number of rotatable bonds is 8. The molecule has 0 aromatic heterocycles. The second kappa shape index (κ2) is 7.51. The van der Waals surface area contributed by atoms with Crippen LogP contribution in [0.3, 0.4) is 0 Å². The molecule has 0 heterocycles. The number of carboxylic acids is 1. The van der Waals surface area contributed by atoms with Gasteiger partial charge >= 0.3 is 12.0 Å². The lowest BCUT2D eigenvalue weighted by Gasteiger charge is -2.22. The van der Waals surface area contributed by atoms with Gasteiger partial charge in [0.25, 0.3) is 0 Å². The molecule has 1 saturated carbocycles. The Morgan fingerprint density at radius 3 is 2.67 bits per heavy atom. The van der Waals surface area contributed by atoms with Crippen LogP contribution in [0.4, 0.5) is 4.79 Å². The summed E-state index contributed by atoms with van der Waals surface area (Å²) in [4.78, 5) is 24.1. The molecule has 5 nitrogen and oxygen atoms in total. The van der Waals surface area contributed by atoms with Crippen molar-refractivity contribution in [3.8, 4) is 0 Å². The van der Waals surface area contributed by atoms with E-state index in [2.05, 4.69) is 18.5 Å². The van der Waals surface area contributed by atoms with E-state index in [-0.39, 0.29) is 18.5 Å². The zero-order chi connectivity index (χ0) is 13.5. The number of carbonyl (C=O) groups excluding carboxylic acids is 1. The first-order valence-electron chi connectivity index (χ1n) is 6.33. The molecule has 1 unspecified atom stereocenters. The van der Waals surface area contributed by atoms with Crippen LogP contribution in [0.15, 0.2) is 0 Å². The summed E-state index contributed by atoms with van der Waals surface area (Å²) in [6.45, 7) is 3.08. The number of urea groups is 1. The lowest BCUT2D eigenvalue weighted by atomic mass is 10.3. The molecule has 2 amide bonds. The summed E-state index contributed by atoms with van der Waals surface area (Å²) in [7, 11) is 0. The summed E-state index contributed by atoms with van der Waals surface area (Å²) in [5.41, 5.74) is 0. The summed E-state index contributed by atoms with van der Waals surface area (Å²) < 4.78 is 0. The Bertz CT molecular complexity index is 295. The molecule has 0 spiro atoms.